The Morgan fingerprint density at radius 2 is 2.08 bits per heavy atom. The summed E-state index contributed by atoms with van der Waals surface area (Å²) < 4.78 is 10.8. The van der Waals surface area contributed by atoms with Crippen molar-refractivity contribution in [1.82, 2.24) is 20.1 Å². The van der Waals surface area contributed by atoms with Crippen LogP contribution in [0, 0.1) is 11.3 Å². The standard InChI is InChI=1S/C17H11N5O2/c18-7-12-6-14(22-24-12)13-8-19-16-15(13)17(21-10-20-16)23-9-11-4-2-1-3-5-11/h1-6,8,10H,9H2,(H,19,20,21). The van der Waals surface area contributed by atoms with Crippen LogP contribution in [-0.4, -0.2) is 20.1 Å². The van der Waals surface area contributed by atoms with Crippen molar-refractivity contribution in [2.75, 3.05) is 0 Å². The van der Waals surface area contributed by atoms with Crippen molar-refractivity contribution in [3.8, 4) is 23.2 Å². The van der Waals surface area contributed by atoms with E-state index < -0.39 is 0 Å². The molecule has 24 heavy (non-hydrogen) atoms. The van der Waals surface area contributed by atoms with Gasteiger partial charge in [0.2, 0.25) is 11.6 Å². The van der Waals surface area contributed by atoms with Gasteiger partial charge >= 0.3 is 0 Å². The number of nitriles is 1. The zero-order chi connectivity index (χ0) is 16.4. The van der Waals surface area contributed by atoms with E-state index in [9.17, 15) is 0 Å². The van der Waals surface area contributed by atoms with Gasteiger partial charge in [0.05, 0.1) is 5.39 Å². The van der Waals surface area contributed by atoms with Gasteiger partial charge in [0.15, 0.2) is 0 Å². The molecule has 1 N–H and O–H groups in total. The number of hydrogen-bond donors (Lipinski definition) is 1. The SMILES string of the molecule is N#Cc1cc(-c2c[nH]c3ncnc(OCc4ccccc4)c23)no1. The summed E-state index contributed by atoms with van der Waals surface area (Å²) in [6, 6.07) is 13.3. The molecule has 0 atom stereocenters. The van der Waals surface area contributed by atoms with Crippen LogP contribution in [0.1, 0.15) is 11.3 Å². The monoisotopic (exact) mass is 317 g/mol. The Morgan fingerprint density at radius 3 is 2.88 bits per heavy atom. The number of nitrogens with zero attached hydrogens (tertiary/aromatic N) is 4. The number of rotatable bonds is 4. The molecule has 0 fully saturated rings. The summed E-state index contributed by atoms with van der Waals surface area (Å²) in [6.45, 7) is 0.389. The number of hydrogen-bond acceptors (Lipinski definition) is 6. The Bertz CT molecular complexity index is 1030. The van der Waals surface area contributed by atoms with Gasteiger partial charge in [-0.3, -0.25) is 0 Å². The van der Waals surface area contributed by atoms with Crippen molar-refractivity contribution in [3.05, 3.63) is 60.2 Å². The van der Waals surface area contributed by atoms with Crippen LogP contribution in [0.2, 0.25) is 0 Å². The molecule has 0 saturated carbocycles. The fourth-order valence-electron chi connectivity index (χ4n) is 2.43. The van der Waals surface area contributed by atoms with Gasteiger partial charge in [-0.15, -0.1) is 0 Å². The number of aromatic nitrogens is 4. The van der Waals surface area contributed by atoms with Crippen molar-refractivity contribution in [1.29, 1.82) is 5.26 Å². The van der Waals surface area contributed by atoms with Gasteiger partial charge in [0.1, 0.15) is 30.3 Å². The van der Waals surface area contributed by atoms with Crippen molar-refractivity contribution in [3.63, 3.8) is 0 Å². The van der Waals surface area contributed by atoms with Crippen LogP contribution in [0.3, 0.4) is 0 Å². The first kappa shape index (κ1) is 14.0. The highest BCUT2D eigenvalue weighted by atomic mass is 16.5. The van der Waals surface area contributed by atoms with Crippen LogP contribution in [0.25, 0.3) is 22.3 Å². The van der Waals surface area contributed by atoms with E-state index in [1.807, 2.05) is 36.4 Å². The Labute approximate surface area is 136 Å². The largest absolute Gasteiger partial charge is 0.472 e. The molecular weight excluding hydrogens is 306 g/mol. The van der Waals surface area contributed by atoms with Crippen LogP contribution in [0.5, 0.6) is 5.88 Å². The van der Waals surface area contributed by atoms with Gasteiger partial charge in [-0.1, -0.05) is 35.5 Å². The number of H-pyrrole nitrogens is 1. The molecule has 4 rings (SSSR count). The van der Waals surface area contributed by atoms with E-state index in [0.29, 0.717) is 29.2 Å². The molecule has 3 heterocycles. The Balaban J connectivity index is 1.73. The maximum atomic E-state index is 8.89. The van der Waals surface area contributed by atoms with Crippen LogP contribution < -0.4 is 4.74 Å². The smallest absolute Gasteiger partial charge is 0.236 e. The normalized spacial score (nSPS) is 10.6. The summed E-state index contributed by atoms with van der Waals surface area (Å²) in [5.41, 5.74) is 2.91. The Morgan fingerprint density at radius 1 is 1.21 bits per heavy atom. The van der Waals surface area contributed by atoms with Crippen LogP contribution in [0.4, 0.5) is 0 Å². The van der Waals surface area contributed by atoms with Crippen molar-refractivity contribution in [2.24, 2.45) is 0 Å². The lowest BCUT2D eigenvalue weighted by Gasteiger charge is -2.06. The minimum atomic E-state index is 0.142. The van der Waals surface area contributed by atoms with Gasteiger partial charge in [-0.25, -0.2) is 9.97 Å². The topological polar surface area (TPSA) is 101 Å². The molecule has 7 heteroatoms. The van der Waals surface area contributed by atoms with Crippen molar-refractivity contribution in [2.45, 2.75) is 6.61 Å². The second kappa shape index (κ2) is 5.85. The summed E-state index contributed by atoms with van der Waals surface area (Å²) >= 11 is 0. The van der Waals surface area contributed by atoms with Gasteiger partial charge in [-0.05, 0) is 5.56 Å². The molecule has 0 bridgehead atoms. The second-order valence-electron chi connectivity index (χ2n) is 5.07. The molecule has 7 nitrogen and oxygen atoms in total. The van der Waals surface area contributed by atoms with Gasteiger partial charge in [-0.2, -0.15) is 5.26 Å². The summed E-state index contributed by atoms with van der Waals surface area (Å²) in [5, 5.41) is 13.5. The fraction of sp³-hybridized carbons (Fsp3) is 0.0588. The minimum Gasteiger partial charge on any atom is -0.472 e. The van der Waals surface area contributed by atoms with E-state index in [4.69, 9.17) is 14.5 Å². The second-order valence-corrected chi connectivity index (χ2v) is 5.07. The Hall–Kier alpha value is -3.66. The maximum Gasteiger partial charge on any atom is 0.236 e. The first-order chi connectivity index (χ1) is 11.8. The highest BCUT2D eigenvalue weighted by Crippen LogP contribution is 2.32. The molecule has 4 aromatic rings. The highest BCUT2D eigenvalue weighted by Gasteiger charge is 2.17. The van der Waals surface area contributed by atoms with E-state index in [1.165, 1.54) is 6.33 Å². The first-order valence-electron chi connectivity index (χ1n) is 7.21. The molecule has 1 aromatic carbocycles. The summed E-state index contributed by atoms with van der Waals surface area (Å²) in [7, 11) is 0. The van der Waals surface area contributed by atoms with Crippen LogP contribution in [-0.2, 0) is 6.61 Å². The molecule has 0 aliphatic rings. The molecule has 0 unspecified atom stereocenters. The summed E-state index contributed by atoms with van der Waals surface area (Å²) in [5.74, 6) is 0.588. The van der Waals surface area contributed by atoms with Crippen LogP contribution in [0.15, 0.2) is 53.4 Å². The number of benzene rings is 1. The zero-order valence-electron chi connectivity index (χ0n) is 12.4. The number of fused-ring (bicyclic) bond motifs is 1. The van der Waals surface area contributed by atoms with Crippen LogP contribution >= 0.6 is 0 Å². The van der Waals surface area contributed by atoms with E-state index in [2.05, 4.69) is 20.1 Å². The molecule has 116 valence electrons. The summed E-state index contributed by atoms with van der Waals surface area (Å²) in [4.78, 5) is 11.5. The molecule has 3 aromatic heterocycles. The van der Waals surface area contributed by atoms with Gasteiger partial charge < -0.3 is 14.2 Å². The van der Waals surface area contributed by atoms with E-state index in [1.54, 1.807) is 12.3 Å². The van der Waals surface area contributed by atoms with Crippen molar-refractivity contribution >= 4 is 11.0 Å². The van der Waals surface area contributed by atoms with Crippen molar-refractivity contribution < 1.29 is 9.26 Å². The van der Waals surface area contributed by atoms with E-state index in [-0.39, 0.29) is 5.76 Å². The fourth-order valence-corrected chi connectivity index (χ4v) is 2.43. The average molecular weight is 317 g/mol. The van der Waals surface area contributed by atoms with E-state index >= 15 is 0 Å². The first-order valence-corrected chi connectivity index (χ1v) is 7.21. The summed E-state index contributed by atoms with van der Waals surface area (Å²) in [6.07, 6.45) is 3.18. The highest BCUT2D eigenvalue weighted by molar-refractivity contribution is 5.96. The quantitative estimate of drug-likeness (QED) is 0.621. The van der Waals surface area contributed by atoms with E-state index in [0.717, 1.165) is 11.1 Å². The predicted molar refractivity (Wildman–Crippen MR) is 84.9 cm³/mol. The Kier molecular flexibility index (Phi) is 3.41. The lowest BCUT2D eigenvalue weighted by atomic mass is 10.1. The van der Waals surface area contributed by atoms with Gasteiger partial charge in [0.25, 0.3) is 0 Å². The maximum absolute atomic E-state index is 8.89. The lowest BCUT2D eigenvalue weighted by molar-refractivity contribution is 0.297. The average Bonchev–Trinajstić information content (AvgIpc) is 3.27. The molecule has 0 saturated heterocycles. The number of nitrogens with one attached hydrogen (secondary N) is 1. The minimum absolute atomic E-state index is 0.142. The zero-order valence-corrected chi connectivity index (χ0v) is 12.4. The lowest BCUT2D eigenvalue weighted by Crippen LogP contribution is -1.98. The molecular formula is C17H11N5O2. The predicted octanol–water partition coefficient (Wildman–Crippen LogP) is 3.06. The molecule has 0 aliphatic heterocycles. The van der Waals surface area contributed by atoms with Gasteiger partial charge in [0, 0.05) is 17.8 Å². The molecule has 0 radical (unpaired) electrons. The third-order valence-electron chi connectivity index (χ3n) is 3.55. The number of ether oxygens (including phenoxy) is 1. The third-order valence-corrected chi connectivity index (χ3v) is 3.55. The number of aromatic amines is 1. The third kappa shape index (κ3) is 2.46. The molecule has 0 spiro atoms. The molecule has 0 aliphatic carbocycles. The molecule has 0 amide bonds.